The normalized spacial score (nSPS) is 12.4. The molecule has 0 saturated carbocycles. The average molecular weight is 270 g/mol. The van der Waals surface area contributed by atoms with Crippen LogP contribution >= 0.6 is 11.8 Å². The maximum Gasteiger partial charge on any atom is 0.271 e. The van der Waals surface area contributed by atoms with Gasteiger partial charge >= 0.3 is 0 Å². The average Bonchev–Trinajstić information content (AvgIpc) is 2.62. The van der Waals surface area contributed by atoms with E-state index in [2.05, 4.69) is 16.7 Å². The lowest BCUT2D eigenvalue weighted by Crippen LogP contribution is -2.34. The second-order valence-corrected chi connectivity index (χ2v) is 5.31. The van der Waals surface area contributed by atoms with Gasteiger partial charge < -0.3 is 11.1 Å². The molecular formula is C12H22N4OS. The number of amides is 1. The fraction of sp³-hybridized carbons (Fsp3) is 0.667. The number of anilines is 1. The molecule has 5 nitrogen and oxygen atoms in total. The molecular weight excluding hydrogens is 248 g/mol. The number of hydrogen-bond acceptors (Lipinski definition) is 4. The molecule has 0 aliphatic heterocycles. The zero-order chi connectivity index (χ0) is 13.7. The van der Waals surface area contributed by atoms with Crippen molar-refractivity contribution in [3.05, 3.63) is 11.4 Å². The van der Waals surface area contributed by atoms with Gasteiger partial charge in [0.2, 0.25) is 0 Å². The van der Waals surface area contributed by atoms with E-state index in [0.717, 1.165) is 12.2 Å². The van der Waals surface area contributed by atoms with E-state index in [4.69, 9.17) is 5.73 Å². The molecule has 1 heterocycles. The number of nitrogens with two attached hydrogens (primary N) is 1. The minimum absolute atomic E-state index is 0.136. The van der Waals surface area contributed by atoms with Crippen molar-refractivity contribution >= 4 is 23.4 Å². The monoisotopic (exact) mass is 270 g/mol. The maximum absolute atomic E-state index is 12.2. The summed E-state index contributed by atoms with van der Waals surface area (Å²) < 4.78 is 1.65. The highest BCUT2D eigenvalue weighted by Gasteiger charge is 2.20. The zero-order valence-corrected chi connectivity index (χ0v) is 12.3. The maximum atomic E-state index is 12.2. The number of thioether (sulfide) groups is 1. The van der Waals surface area contributed by atoms with Crippen LogP contribution in [0.1, 0.15) is 36.5 Å². The predicted molar refractivity (Wildman–Crippen MR) is 77.0 cm³/mol. The van der Waals surface area contributed by atoms with Crippen LogP contribution in [-0.4, -0.2) is 33.7 Å². The van der Waals surface area contributed by atoms with E-state index in [9.17, 15) is 4.79 Å². The number of carbonyl (C=O) groups is 1. The molecule has 1 atom stereocenters. The summed E-state index contributed by atoms with van der Waals surface area (Å²) in [6, 6.07) is 0.143. The number of hydrogen-bond donors (Lipinski definition) is 2. The Balaban J connectivity index is 2.77. The largest absolute Gasteiger partial charge is 0.395 e. The Bertz CT molecular complexity index is 416. The van der Waals surface area contributed by atoms with Gasteiger partial charge in [-0.2, -0.15) is 16.9 Å². The third-order valence-electron chi connectivity index (χ3n) is 2.82. The first-order valence-corrected chi connectivity index (χ1v) is 7.53. The van der Waals surface area contributed by atoms with Gasteiger partial charge in [0.15, 0.2) is 0 Å². The van der Waals surface area contributed by atoms with Gasteiger partial charge in [0.25, 0.3) is 5.91 Å². The number of nitrogen functional groups attached to an aromatic ring is 1. The van der Waals surface area contributed by atoms with Gasteiger partial charge in [-0.3, -0.25) is 9.48 Å². The first-order chi connectivity index (χ1) is 8.51. The number of nitrogens with one attached hydrogen (secondary N) is 1. The van der Waals surface area contributed by atoms with Crippen LogP contribution in [0.15, 0.2) is 0 Å². The molecule has 102 valence electrons. The summed E-state index contributed by atoms with van der Waals surface area (Å²) >= 11 is 1.77. The molecule has 0 aliphatic carbocycles. The van der Waals surface area contributed by atoms with E-state index in [1.807, 2.05) is 20.8 Å². The van der Waals surface area contributed by atoms with Crippen molar-refractivity contribution in [1.82, 2.24) is 15.1 Å². The van der Waals surface area contributed by atoms with Gasteiger partial charge in [0.1, 0.15) is 5.69 Å². The van der Waals surface area contributed by atoms with Gasteiger partial charge in [-0.05, 0) is 39.2 Å². The zero-order valence-electron chi connectivity index (χ0n) is 11.5. The summed E-state index contributed by atoms with van der Waals surface area (Å²) in [4.78, 5) is 12.2. The van der Waals surface area contributed by atoms with E-state index >= 15 is 0 Å². The van der Waals surface area contributed by atoms with Crippen LogP contribution in [0.5, 0.6) is 0 Å². The van der Waals surface area contributed by atoms with Crippen LogP contribution in [0.3, 0.4) is 0 Å². The molecule has 1 rings (SSSR count). The molecule has 6 heteroatoms. The number of aryl methyl sites for hydroxylation is 2. The molecule has 0 aromatic carbocycles. The third-order valence-corrected chi connectivity index (χ3v) is 3.46. The van der Waals surface area contributed by atoms with Crippen LogP contribution in [0.2, 0.25) is 0 Å². The Morgan fingerprint density at radius 1 is 1.61 bits per heavy atom. The summed E-state index contributed by atoms with van der Waals surface area (Å²) in [5, 5.41) is 7.21. The van der Waals surface area contributed by atoms with Gasteiger partial charge in [0.05, 0.1) is 11.4 Å². The lowest BCUT2D eigenvalue weighted by molar-refractivity contribution is 0.0929. The molecule has 0 saturated heterocycles. The van der Waals surface area contributed by atoms with Gasteiger partial charge in [0, 0.05) is 12.6 Å². The number of rotatable bonds is 6. The summed E-state index contributed by atoms with van der Waals surface area (Å²) in [6.07, 6.45) is 3.01. The van der Waals surface area contributed by atoms with Gasteiger partial charge in [-0.1, -0.05) is 0 Å². The molecule has 1 amide bonds. The number of carbonyl (C=O) groups excluding carboxylic acids is 1. The van der Waals surface area contributed by atoms with Crippen molar-refractivity contribution in [2.75, 3.05) is 17.7 Å². The van der Waals surface area contributed by atoms with Crippen molar-refractivity contribution in [3.8, 4) is 0 Å². The van der Waals surface area contributed by atoms with Crippen molar-refractivity contribution in [1.29, 1.82) is 0 Å². The smallest absolute Gasteiger partial charge is 0.271 e. The fourth-order valence-electron chi connectivity index (χ4n) is 1.72. The standard InChI is InChI=1S/C12H22N4OS/c1-5-16-11(10(13)9(3)15-16)12(17)14-8(2)6-7-18-4/h8H,5-7,13H2,1-4H3,(H,14,17). The minimum Gasteiger partial charge on any atom is -0.395 e. The van der Waals surface area contributed by atoms with Crippen LogP contribution in [0, 0.1) is 6.92 Å². The Labute approximate surface area is 112 Å². The predicted octanol–water partition coefficient (Wildman–Crippen LogP) is 1.67. The van der Waals surface area contributed by atoms with Crippen molar-refractivity contribution in [2.24, 2.45) is 0 Å². The second kappa shape index (κ2) is 6.68. The first kappa shape index (κ1) is 14.9. The van der Waals surface area contributed by atoms with E-state index in [1.54, 1.807) is 16.4 Å². The molecule has 0 bridgehead atoms. The highest BCUT2D eigenvalue weighted by atomic mass is 32.2. The quantitative estimate of drug-likeness (QED) is 0.824. The summed E-state index contributed by atoms with van der Waals surface area (Å²) in [5.74, 6) is 0.895. The molecule has 18 heavy (non-hydrogen) atoms. The number of aromatic nitrogens is 2. The van der Waals surface area contributed by atoms with E-state index in [1.165, 1.54) is 0 Å². The molecule has 0 aliphatic rings. The lowest BCUT2D eigenvalue weighted by atomic mass is 10.2. The first-order valence-electron chi connectivity index (χ1n) is 6.13. The molecule has 0 radical (unpaired) electrons. The van der Waals surface area contributed by atoms with Gasteiger partial charge in [-0.25, -0.2) is 0 Å². The van der Waals surface area contributed by atoms with Crippen molar-refractivity contribution in [2.45, 2.75) is 39.8 Å². The van der Waals surface area contributed by atoms with Crippen LogP contribution in [0.4, 0.5) is 5.69 Å². The van der Waals surface area contributed by atoms with Gasteiger partial charge in [-0.15, -0.1) is 0 Å². The molecule has 0 spiro atoms. The highest BCUT2D eigenvalue weighted by molar-refractivity contribution is 7.98. The number of nitrogens with zero attached hydrogens (tertiary/aromatic N) is 2. The van der Waals surface area contributed by atoms with E-state index in [-0.39, 0.29) is 11.9 Å². The Morgan fingerprint density at radius 2 is 2.28 bits per heavy atom. The Kier molecular flexibility index (Phi) is 5.53. The van der Waals surface area contributed by atoms with E-state index < -0.39 is 0 Å². The third kappa shape index (κ3) is 3.41. The minimum atomic E-state index is -0.136. The highest BCUT2D eigenvalue weighted by Crippen LogP contribution is 2.16. The van der Waals surface area contributed by atoms with E-state index in [0.29, 0.717) is 23.6 Å². The van der Waals surface area contributed by atoms with Crippen LogP contribution in [0.25, 0.3) is 0 Å². The molecule has 3 N–H and O–H groups in total. The molecule has 1 unspecified atom stereocenters. The Hall–Kier alpha value is -1.17. The summed E-state index contributed by atoms with van der Waals surface area (Å²) in [7, 11) is 0. The van der Waals surface area contributed by atoms with Crippen molar-refractivity contribution < 1.29 is 4.79 Å². The lowest BCUT2D eigenvalue weighted by Gasteiger charge is -2.14. The molecule has 0 fully saturated rings. The summed E-state index contributed by atoms with van der Waals surface area (Å²) in [6.45, 7) is 6.40. The summed E-state index contributed by atoms with van der Waals surface area (Å²) in [5.41, 5.74) is 7.57. The molecule has 1 aromatic heterocycles. The fourth-order valence-corrected chi connectivity index (χ4v) is 2.31. The molecule has 1 aromatic rings. The van der Waals surface area contributed by atoms with Crippen molar-refractivity contribution in [3.63, 3.8) is 0 Å². The topological polar surface area (TPSA) is 72.9 Å². The second-order valence-electron chi connectivity index (χ2n) is 4.32. The van der Waals surface area contributed by atoms with Crippen LogP contribution in [-0.2, 0) is 6.54 Å². The van der Waals surface area contributed by atoms with Crippen LogP contribution < -0.4 is 11.1 Å². The Morgan fingerprint density at radius 3 is 2.83 bits per heavy atom. The SMILES string of the molecule is CCn1nc(C)c(N)c1C(=O)NC(C)CCSC.